The molecule has 1 aromatic rings. The first-order valence-corrected chi connectivity index (χ1v) is 8.92. The van der Waals surface area contributed by atoms with Gasteiger partial charge in [-0.25, -0.2) is 0 Å². The second-order valence-electron chi connectivity index (χ2n) is 5.31. The summed E-state index contributed by atoms with van der Waals surface area (Å²) < 4.78 is 27.0. The lowest BCUT2D eigenvalue weighted by atomic mass is 9.87. The molecule has 1 aromatic carbocycles. The molecule has 1 aliphatic carbocycles. The van der Waals surface area contributed by atoms with E-state index in [0.29, 0.717) is 13.1 Å². The highest BCUT2D eigenvalue weighted by atomic mass is 32.2. The lowest BCUT2D eigenvalue weighted by molar-refractivity contribution is 0.166. The van der Waals surface area contributed by atoms with Crippen LogP contribution in [-0.4, -0.2) is 39.3 Å². The van der Waals surface area contributed by atoms with E-state index < -0.39 is 10.1 Å². The van der Waals surface area contributed by atoms with Gasteiger partial charge in [0.2, 0.25) is 0 Å². The Balaban J connectivity index is 2.10. The SMILES string of the molecule is C#CCN(CCOS(C)(=O)=O)C1CCCc2ccccc21. The van der Waals surface area contributed by atoms with Crippen LogP contribution in [0.3, 0.4) is 0 Å². The zero-order valence-corrected chi connectivity index (χ0v) is 13.1. The number of rotatable bonds is 6. The van der Waals surface area contributed by atoms with E-state index in [1.807, 2.05) is 6.07 Å². The van der Waals surface area contributed by atoms with Crippen LogP contribution < -0.4 is 0 Å². The summed E-state index contributed by atoms with van der Waals surface area (Å²) in [5.74, 6) is 2.66. The second kappa shape index (κ2) is 7.08. The molecule has 0 saturated heterocycles. The number of hydrogen-bond acceptors (Lipinski definition) is 4. The molecule has 0 N–H and O–H groups in total. The molecule has 0 aromatic heterocycles. The van der Waals surface area contributed by atoms with E-state index in [0.717, 1.165) is 25.5 Å². The molecule has 5 heteroatoms. The molecule has 0 amide bonds. The molecule has 0 aliphatic heterocycles. The molecule has 4 nitrogen and oxygen atoms in total. The average molecular weight is 307 g/mol. The summed E-state index contributed by atoms with van der Waals surface area (Å²) in [6.45, 7) is 1.14. The van der Waals surface area contributed by atoms with Crippen molar-refractivity contribution < 1.29 is 12.6 Å². The molecule has 0 bridgehead atoms. The summed E-state index contributed by atoms with van der Waals surface area (Å²) in [6.07, 6.45) is 9.78. The molecule has 2 rings (SSSR count). The first-order chi connectivity index (χ1) is 10.0. The molecule has 0 saturated carbocycles. The van der Waals surface area contributed by atoms with E-state index in [1.54, 1.807) is 0 Å². The lowest BCUT2D eigenvalue weighted by Gasteiger charge is -2.34. The summed E-state index contributed by atoms with van der Waals surface area (Å²) in [4.78, 5) is 2.13. The van der Waals surface area contributed by atoms with Crippen LogP contribution >= 0.6 is 0 Å². The second-order valence-corrected chi connectivity index (χ2v) is 6.95. The molecule has 114 valence electrons. The van der Waals surface area contributed by atoms with Crippen LogP contribution in [0.4, 0.5) is 0 Å². The van der Waals surface area contributed by atoms with Crippen molar-refractivity contribution in [3.8, 4) is 12.3 Å². The Hall–Kier alpha value is -1.35. The number of hydrogen-bond donors (Lipinski definition) is 0. The van der Waals surface area contributed by atoms with Gasteiger partial charge in [0.1, 0.15) is 0 Å². The minimum atomic E-state index is -3.40. The largest absolute Gasteiger partial charge is 0.283 e. The Labute approximate surface area is 127 Å². The molecule has 1 aliphatic rings. The van der Waals surface area contributed by atoms with Crippen LogP contribution in [0.2, 0.25) is 0 Å². The quantitative estimate of drug-likeness (QED) is 0.595. The third kappa shape index (κ3) is 4.57. The summed E-state index contributed by atoms with van der Waals surface area (Å²) in [5.41, 5.74) is 2.66. The van der Waals surface area contributed by atoms with Crippen LogP contribution in [0.15, 0.2) is 24.3 Å². The molecule has 0 heterocycles. The van der Waals surface area contributed by atoms with E-state index in [4.69, 9.17) is 10.6 Å². The Bertz CT molecular complexity index is 619. The van der Waals surface area contributed by atoms with Crippen molar-refractivity contribution in [3.63, 3.8) is 0 Å². The summed E-state index contributed by atoms with van der Waals surface area (Å²) in [6, 6.07) is 8.63. The van der Waals surface area contributed by atoms with Crippen molar-refractivity contribution in [1.29, 1.82) is 0 Å². The Morgan fingerprint density at radius 2 is 2.19 bits per heavy atom. The summed E-state index contributed by atoms with van der Waals surface area (Å²) >= 11 is 0. The van der Waals surface area contributed by atoms with Gasteiger partial charge >= 0.3 is 0 Å². The number of aryl methyl sites for hydroxylation is 1. The van der Waals surface area contributed by atoms with Gasteiger partial charge in [-0.3, -0.25) is 9.08 Å². The molecule has 0 spiro atoms. The fraction of sp³-hybridized carbons (Fsp3) is 0.500. The topological polar surface area (TPSA) is 46.6 Å². The van der Waals surface area contributed by atoms with Crippen LogP contribution in [-0.2, 0) is 20.7 Å². The fourth-order valence-corrected chi connectivity index (χ4v) is 3.25. The zero-order chi connectivity index (χ0) is 15.3. The highest BCUT2D eigenvalue weighted by molar-refractivity contribution is 7.85. The first-order valence-electron chi connectivity index (χ1n) is 7.11. The number of nitrogens with zero attached hydrogens (tertiary/aromatic N) is 1. The van der Waals surface area contributed by atoms with Gasteiger partial charge in [0.15, 0.2) is 0 Å². The molecule has 0 fully saturated rings. The minimum Gasteiger partial charge on any atom is -0.283 e. The third-order valence-electron chi connectivity index (χ3n) is 3.75. The van der Waals surface area contributed by atoms with E-state index >= 15 is 0 Å². The highest BCUT2D eigenvalue weighted by Crippen LogP contribution is 2.33. The van der Waals surface area contributed by atoms with Crippen LogP contribution in [0, 0.1) is 12.3 Å². The van der Waals surface area contributed by atoms with Crippen LogP contribution in [0.25, 0.3) is 0 Å². The van der Waals surface area contributed by atoms with Gasteiger partial charge < -0.3 is 0 Å². The predicted octanol–water partition coefficient (Wildman–Crippen LogP) is 1.98. The number of terminal acetylenes is 1. The molecule has 21 heavy (non-hydrogen) atoms. The lowest BCUT2D eigenvalue weighted by Crippen LogP contribution is -2.34. The zero-order valence-electron chi connectivity index (χ0n) is 12.3. The summed E-state index contributed by atoms with van der Waals surface area (Å²) in [7, 11) is -3.40. The van der Waals surface area contributed by atoms with Gasteiger partial charge in [-0.15, -0.1) is 6.42 Å². The van der Waals surface area contributed by atoms with E-state index in [9.17, 15) is 8.42 Å². The van der Waals surface area contributed by atoms with Gasteiger partial charge in [0.05, 0.1) is 19.4 Å². The molecular weight excluding hydrogens is 286 g/mol. The van der Waals surface area contributed by atoms with Gasteiger partial charge in [-0.05, 0) is 30.4 Å². The Morgan fingerprint density at radius 1 is 1.43 bits per heavy atom. The minimum absolute atomic E-state index is 0.138. The Morgan fingerprint density at radius 3 is 2.90 bits per heavy atom. The number of benzene rings is 1. The van der Waals surface area contributed by atoms with E-state index in [-0.39, 0.29) is 12.6 Å². The molecule has 1 atom stereocenters. The van der Waals surface area contributed by atoms with Gasteiger partial charge in [-0.1, -0.05) is 30.2 Å². The van der Waals surface area contributed by atoms with Crippen molar-refractivity contribution in [3.05, 3.63) is 35.4 Å². The van der Waals surface area contributed by atoms with Gasteiger partial charge in [0.25, 0.3) is 10.1 Å². The molecular formula is C16H21NO3S. The van der Waals surface area contributed by atoms with E-state index in [1.165, 1.54) is 11.1 Å². The third-order valence-corrected chi connectivity index (χ3v) is 4.34. The van der Waals surface area contributed by atoms with Gasteiger partial charge in [0, 0.05) is 12.6 Å². The van der Waals surface area contributed by atoms with Crippen molar-refractivity contribution >= 4 is 10.1 Å². The maximum Gasteiger partial charge on any atom is 0.264 e. The highest BCUT2D eigenvalue weighted by Gasteiger charge is 2.25. The van der Waals surface area contributed by atoms with Crippen molar-refractivity contribution in [1.82, 2.24) is 4.90 Å². The molecule has 1 unspecified atom stereocenters. The van der Waals surface area contributed by atoms with Crippen molar-refractivity contribution in [2.75, 3.05) is 26.0 Å². The summed E-state index contributed by atoms with van der Waals surface area (Å²) in [5, 5.41) is 0. The number of fused-ring (bicyclic) bond motifs is 1. The van der Waals surface area contributed by atoms with Crippen molar-refractivity contribution in [2.45, 2.75) is 25.3 Å². The van der Waals surface area contributed by atoms with Crippen molar-refractivity contribution in [2.24, 2.45) is 0 Å². The normalized spacial score (nSPS) is 18.2. The predicted molar refractivity (Wildman–Crippen MR) is 83.3 cm³/mol. The van der Waals surface area contributed by atoms with E-state index in [2.05, 4.69) is 29.0 Å². The van der Waals surface area contributed by atoms with Gasteiger partial charge in [-0.2, -0.15) is 8.42 Å². The smallest absolute Gasteiger partial charge is 0.264 e. The van der Waals surface area contributed by atoms with Crippen LogP contribution in [0.5, 0.6) is 0 Å². The van der Waals surface area contributed by atoms with Crippen LogP contribution in [0.1, 0.15) is 30.0 Å². The maximum absolute atomic E-state index is 11.1. The molecule has 0 radical (unpaired) electrons. The monoisotopic (exact) mass is 307 g/mol. The fourth-order valence-electron chi connectivity index (χ4n) is 2.88. The first kappa shape index (κ1) is 16.0. The maximum atomic E-state index is 11.1. The Kier molecular flexibility index (Phi) is 5.40. The standard InChI is InChI=1S/C16H21NO3S/c1-3-11-17(12-13-20-21(2,18)19)16-10-6-8-14-7-4-5-9-15(14)16/h1,4-5,7,9,16H,6,8,10-13H2,2H3. The average Bonchev–Trinajstić information content (AvgIpc) is 2.44.